The molecule has 0 unspecified atom stereocenters. The van der Waals surface area contributed by atoms with E-state index in [2.05, 4.69) is 6.92 Å². The van der Waals surface area contributed by atoms with Crippen molar-refractivity contribution < 1.29 is 41.2 Å². The molecule has 0 amide bonds. The molecule has 0 heterocycles. The van der Waals surface area contributed by atoms with Crippen LogP contribution in [0.1, 0.15) is 79.8 Å². The third-order valence-electron chi connectivity index (χ3n) is 10.6. The molecule has 0 aromatic heterocycles. The summed E-state index contributed by atoms with van der Waals surface area (Å²) in [7, 11) is -4.41. The summed E-state index contributed by atoms with van der Waals surface area (Å²) in [5, 5.41) is 0.966. The fourth-order valence-electron chi connectivity index (χ4n) is 8.82. The number of hydrogen-bond acceptors (Lipinski definition) is 7. The van der Waals surface area contributed by atoms with Gasteiger partial charge in [0, 0.05) is 0 Å². The maximum atomic E-state index is 15.2. The van der Waals surface area contributed by atoms with E-state index in [-0.39, 0.29) is 22.0 Å². The molecule has 5 aliphatic carbocycles. The van der Waals surface area contributed by atoms with Crippen molar-refractivity contribution in [2.24, 2.45) is 23.7 Å². The molecule has 44 heavy (non-hydrogen) atoms. The van der Waals surface area contributed by atoms with Crippen LogP contribution >= 0.6 is 0 Å². The quantitative estimate of drug-likeness (QED) is 0.130. The van der Waals surface area contributed by atoms with E-state index in [1.54, 1.807) is 6.07 Å². The highest BCUT2D eigenvalue weighted by molar-refractivity contribution is 7.85. The van der Waals surface area contributed by atoms with Crippen LogP contribution < -0.4 is 9.47 Å². The summed E-state index contributed by atoms with van der Waals surface area (Å²) in [5.41, 5.74) is 0.654. The minimum Gasteiger partial charge on any atom is -0.427 e. The number of carbonyl (C=O) groups is 2. The number of esters is 1. The Morgan fingerprint density at radius 1 is 0.864 bits per heavy atom. The molecule has 3 aromatic carbocycles. The van der Waals surface area contributed by atoms with Gasteiger partial charge in [0.05, 0.1) is 10.5 Å². The summed E-state index contributed by atoms with van der Waals surface area (Å²) in [6.45, 7) is 2.05. The lowest BCUT2D eigenvalue weighted by molar-refractivity contribution is -0.181. The topological polar surface area (TPSA) is 116 Å². The van der Waals surface area contributed by atoms with Crippen molar-refractivity contribution >= 4 is 33.0 Å². The fourth-order valence-corrected chi connectivity index (χ4v) is 9.59. The second kappa shape index (κ2) is 10.8. The van der Waals surface area contributed by atoms with Gasteiger partial charge in [-0.15, -0.1) is 0 Å². The van der Waals surface area contributed by atoms with Gasteiger partial charge >= 0.3 is 12.1 Å². The van der Waals surface area contributed by atoms with E-state index in [1.165, 1.54) is 42.8 Å². The molecule has 5 aliphatic rings. The lowest BCUT2D eigenvalue weighted by Gasteiger charge is -2.59. The minimum absolute atomic E-state index is 0.167. The zero-order valence-corrected chi connectivity index (χ0v) is 25.3. The fraction of sp³-hybridized carbons (Fsp3) is 0.471. The largest absolute Gasteiger partial charge is 0.514 e. The van der Waals surface area contributed by atoms with Gasteiger partial charge in [-0.2, -0.15) is 8.42 Å². The molecule has 0 aliphatic heterocycles. The van der Waals surface area contributed by atoms with Crippen molar-refractivity contribution in [2.45, 2.75) is 81.6 Å². The summed E-state index contributed by atoms with van der Waals surface area (Å²) >= 11 is 0. The molecule has 0 atom stereocenters. The van der Waals surface area contributed by atoms with Crippen molar-refractivity contribution in [3.05, 3.63) is 65.0 Å². The van der Waals surface area contributed by atoms with Gasteiger partial charge in [-0.25, -0.2) is 14.0 Å². The standard InChI is InChI=1S/C34H35FO8S/c1-2-34(24-12-19-11-20(14-24)15-25(34)13-19)43-33(37)42-30-18-21-7-8-22(16-23(21)17-28(30)35)32(36)41-29-9-10-31(44(38,39)40)27-6-4-3-5-26(27)29/h7-10,16-20,24-25H,2-6,11-15H2,1H3,(H,38,39,40). The summed E-state index contributed by atoms with van der Waals surface area (Å²) in [5.74, 6) is 0.618. The Morgan fingerprint density at radius 3 is 2.20 bits per heavy atom. The van der Waals surface area contributed by atoms with Crippen LogP contribution in [0.2, 0.25) is 0 Å². The van der Waals surface area contributed by atoms with E-state index in [1.807, 2.05) is 0 Å². The van der Waals surface area contributed by atoms with Gasteiger partial charge in [0.25, 0.3) is 10.1 Å². The van der Waals surface area contributed by atoms with E-state index < -0.39 is 33.7 Å². The molecular formula is C34H35FO8S. The van der Waals surface area contributed by atoms with Gasteiger partial charge in [0.1, 0.15) is 11.4 Å². The van der Waals surface area contributed by atoms with Gasteiger partial charge in [0.15, 0.2) is 11.6 Å². The van der Waals surface area contributed by atoms with Crippen molar-refractivity contribution in [3.8, 4) is 11.5 Å². The Bertz CT molecular complexity index is 1750. The Hall–Kier alpha value is -3.50. The van der Waals surface area contributed by atoms with Crippen LogP contribution in [0.15, 0.2) is 47.4 Å². The number of fused-ring (bicyclic) bond motifs is 2. The molecule has 3 aromatic rings. The van der Waals surface area contributed by atoms with Crippen LogP contribution in [0, 0.1) is 29.5 Å². The van der Waals surface area contributed by atoms with Crippen LogP contribution in [0.25, 0.3) is 10.8 Å². The van der Waals surface area contributed by atoms with Gasteiger partial charge in [0.2, 0.25) is 0 Å². The molecule has 1 N–H and O–H groups in total. The first-order valence-corrected chi connectivity index (χ1v) is 17.0. The Kier molecular flexibility index (Phi) is 7.20. The predicted octanol–water partition coefficient (Wildman–Crippen LogP) is 7.44. The lowest BCUT2D eigenvalue weighted by atomic mass is 9.49. The smallest absolute Gasteiger partial charge is 0.427 e. The lowest BCUT2D eigenvalue weighted by Crippen LogP contribution is -2.59. The number of ether oxygens (including phenoxy) is 3. The van der Waals surface area contributed by atoms with Crippen LogP contribution in [-0.2, 0) is 27.7 Å². The average Bonchev–Trinajstić information content (AvgIpc) is 2.98. The van der Waals surface area contributed by atoms with Crippen molar-refractivity contribution in [2.75, 3.05) is 0 Å². The number of halogens is 1. The molecule has 232 valence electrons. The SMILES string of the molecule is CCC1(OC(=O)Oc2cc3ccc(C(=O)Oc4ccc(S(=O)(=O)O)c5c4CCCC5)cc3cc2F)C2CC3CC(C2)CC1C3. The molecule has 4 saturated carbocycles. The van der Waals surface area contributed by atoms with E-state index in [0.29, 0.717) is 64.8 Å². The van der Waals surface area contributed by atoms with Gasteiger partial charge in [-0.3, -0.25) is 4.55 Å². The summed E-state index contributed by atoms with van der Waals surface area (Å²) in [6.07, 6.45) is 7.90. The molecule has 0 radical (unpaired) electrons. The van der Waals surface area contributed by atoms with Gasteiger partial charge in [-0.1, -0.05) is 13.0 Å². The Morgan fingerprint density at radius 2 is 1.55 bits per heavy atom. The molecule has 4 fully saturated rings. The van der Waals surface area contributed by atoms with Crippen molar-refractivity contribution in [3.63, 3.8) is 0 Å². The van der Waals surface area contributed by atoms with E-state index in [0.717, 1.165) is 38.5 Å². The second-order valence-electron chi connectivity index (χ2n) is 13.0. The zero-order chi connectivity index (χ0) is 30.8. The summed E-state index contributed by atoms with van der Waals surface area (Å²) in [4.78, 5) is 26.0. The second-order valence-corrected chi connectivity index (χ2v) is 14.4. The Labute approximate surface area is 255 Å². The Balaban J connectivity index is 1.08. The zero-order valence-electron chi connectivity index (χ0n) is 24.5. The van der Waals surface area contributed by atoms with Gasteiger partial charge < -0.3 is 14.2 Å². The first kappa shape index (κ1) is 29.2. The van der Waals surface area contributed by atoms with E-state index >= 15 is 4.39 Å². The highest BCUT2D eigenvalue weighted by Gasteiger charge is 2.59. The number of benzene rings is 3. The first-order chi connectivity index (χ1) is 21.0. The maximum absolute atomic E-state index is 15.2. The monoisotopic (exact) mass is 622 g/mol. The highest BCUT2D eigenvalue weighted by atomic mass is 32.2. The molecule has 10 heteroatoms. The van der Waals surface area contributed by atoms with Crippen molar-refractivity contribution in [1.82, 2.24) is 0 Å². The normalized spacial score (nSPS) is 27.2. The van der Waals surface area contributed by atoms with Gasteiger partial charge in [-0.05, 0) is 146 Å². The van der Waals surface area contributed by atoms with Crippen LogP contribution in [-0.4, -0.2) is 30.7 Å². The predicted molar refractivity (Wildman–Crippen MR) is 159 cm³/mol. The van der Waals surface area contributed by atoms with Crippen molar-refractivity contribution in [1.29, 1.82) is 0 Å². The number of hydrogen-bond donors (Lipinski definition) is 1. The molecular weight excluding hydrogens is 587 g/mol. The van der Waals surface area contributed by atoms with Crippen LogP contribution in [0.5, 0.6) is 11.5 Å². The number of rotatable bonds is 6. The van der Waals surface area contributed by atoms with E-state index in [4.69, 9.17) is 14.2 Å². The summed E-state index contributed by atoms with van der Waals surface area (Å²) in [6, 6.07) is 9.88. The molecule has 0 saturated heterocycles. The molecule has 8 rings (SSSR count). The minimum atomic E-state index is -4.41. The van der Waals surface area contributed by atoms with Crippen LogP contribution in [0.3, 0.4) is 0 Å². The highest BCUT2D eigenvalue weighted by Crippen LogP contribution is 2.60. The maximum Gasteiger partial charge on any atom is 0.514 e. The summed E-state index contributed by atoms with van der Waals surface area (Å²) < 4.78 is 65.7. The third kappa shape index (κ3) is 5.05. The molecule has 8 nitrogen and oxygen atoms in total. The first-order valence-electron chi connectivity index (χ1n) is 15.5. The molecule has 4 bridgehead atoms. The van der Waals surface area contributed by atoms with E-state index in [9.17, 15) is 22.6 Å². The number of carbonyl (C=O) groups excluding carboxylic acids is 2. The third-order valence-corrected chi connectivity index (χ3v) is 11.5. The molecule has 0 spiro atoms. The van der Waals surface area contributed by atoms with Crippen LogP contribution in [0.4, 0.5) is 9.18 Å². The average molecular weight is 623 g/mol.